The average Bonchev–Trinajstić information content (AvgIpc) is 3.05. The van der Waals surface area contributed by atoms with Crippen molar-refractivity contribution in [2.45, 2.75) is 37.6 Å². The van der Waals surface area contributed by atoms with Crippen molar-refractivity contribution in [3.05, 3.63) is 18.2 Å². The van der Waals surface area contributed by atoms with Gasteiger partial charge in [-0.05, 0) is 44.2 Å². The van der Waals surface area contributed by atoms with E-state index in [0.29, 0.717) is 17.2 Å². The minimum absolute atomic E-state index is 0.00824. The van der Waals surface area contributed by atoms with E-state index in [1.165, 1.54) is 6.42 Å². The maximum atomic E-state index is 12.5. The van der Waals surface area contributed by atoms with Crippen molar-refractivity contribution in [2.24, 2.45) is 0 Å². The van der Waals surface area contributed by atoms with Crippen LogP contribution in [0.4, 0.5) is 10.5 Å². The van der Waals surface area contributed by atoms with E-state index in [4.69, 9.17) is 9.47 Å². The van der Waals surface area contributed by atoms with Gasteiger partial charge in [-0.25, -0.2) is 4.79 Å². The van der Waals surface area contributed by atoms with E-state index in [-0.39, 0.29) is 18.4 Å². The third-order valence-corrected chi connectivity index (χ3v) is 4.76. The Labute approximate surface area is 117 Å². The number of amides is 2. The Hall–Kier alpha value is -1.91. The molecule has 1 saturated heterocycles. The Bertz CT molecular complexity index is 554. The zero-order valence-electron chi connectivity index (χ0n) is 11.4. The van der Waals surface area contributed by atoms with Gasteiger partial charge >= 0.3 is 6.03 Å². The van der Waals surface area contributed by atoms with Crippen molar-refractivity contribution < 1.29 is 14.3 Å². The molecule has 20 heavy (non-hydrogen) atoms. The minimum Gasteiger partial charge on any atom is -0.454 e. The Kier molecular flexibility index (Phi) is 2.55. The van der Waals surface area contributed by atoms with Gasteiger partial charge in [-0.2, -0.15) is 0 Å². The molecule has 1 saturated carbocycles. The first kappa shape index (κ1) is 11.9. The molecule has 1 N–H and O–H groups in total. The van der Waals surface area contributed by atoms with Crippen molar-refractivity contribution in [3.63, 3.8) is 0 Å². The van der Waals surface area contributed by atoms with Crippen LogP contribution >= 0.6 is 0 Å². The number of nitrogens with one attached hydrogen (secondary N) is 1. The standard InChI is InChI=1S/C15H18N2O3/c18-14(17-9-3-8-15(17)6-2-7-15)16-11-4-1-5-12-13(11)20-10-19-12/h1,4-5H,2-3,6-10H2,(H,16,18). The lowest BCUT2D eigenvalue weighted by atomic mass is 9.75. The quantitative estimate of drug-likeness (QED) is 0.856. The van der Waals surface area contributed by atoms with Crippen LogP contribution in [0.2, 0.25) is 0 Å². The number of carbonyl (C=O) groups excluding carboxylic acids is 1. The minimum atomic E-state index is -0.00824. The lowest BCUT2D eigenvalue weighted by molar-refractivity contribution is 0.0881. The molecule has 5 heteroatoms. The third-order valence-electron chi connectivity index (χ3n) is 4.76. The Morgan fingerprint density at radius 2 is 2.05 bits per heavy atom. The molecule has 1 aromatic carbocycles. The molecule has 1 aliphatic carbocycles. The Balaban J connectivity index is 1.55. The van der Waals surface area contributed by atoms with E-state index in [1.54, 1.807) is 0 Å². The number of anilines is 1. The van der Waals surface area contributed by atoms with E-state index in [1.807, 2.05) is 23.1 Å². The summed E-state index contributed by atoms with van der Waals surface area (Å²) >= 11 is 0. The molecule has 2 heterocycles. The first-order chi connectivity index (χ1) is 9.78. The number of hydrogen-bond acceptors (Lipinski definition) is 3. The van der Waals surface area contributed by atoms with Crippen LogP contribution in [-0.2, 0) is 0 Å². The molecule has 4 rings (SSSR count). The van der Waals surface area contributed by atoms with Crippen LogP contribution in [0, 0.1) is 0 Å². The first-order valence-electron chi connectivity index (χ1n) is 7.26. The smallest absolute Gasteiger partial charge is 0.322 e. The SMILES string of the molecule is O=C(Nc1cccc2c1OCO2)N1CCCC12CCC2. The summed E-state index contributed by atoms with van der Waals surface area (Å²) in [5, 5.41) is 2.99. The monoisotopic (exact) mass is 274 g/mol. The van der Waals surface area contributed by atoms with Gasteiger partial charge in [0.15, 0.2) is 11.5 Å². The van der Waals surface area contributed by atoms with E-state index >= 15 is 0 Å². The lowest BCUT2D eigenvalue weighted by Gasteiger charge is -2.45. The van der Waals surface area contributed by atoms with Crippen molar-refractivity contribution in [2.75, 3.05) is 18.7 Å². The molecule has 0 unspecified atom stereocenters. The van der Waals surface area contributed by atoms with Gasteiger partial charge in [-0.3, -0.25) is 0 Å². The molecule has 0 aromatic heterocycles. The Morgan fingerprint density at radius 3 is 2.85 bits per heavy atom. The maximum Gasteiger partial charge on any atom is 0.322 e. The highest BCUT2D eigenvalue weighted by Gasteiger charge is 2.47. The summed E-state index contributed by atoms with van der Waals surface area (Å²) in [5.41, 5.74) is 0.839. The summed E-state index contributed by atoms with van der Waals surface area (Å²) in [7, 11) is 0. The van der Waals surface area contributed by atoms with Gasteiger partial charge in [0.05, 0.1) is 5.69 Å². The van der Waals surface area contributed by atoms with Gasteiger partial charge in [-0.1, -0.05) is 6.07 Å². The number of carbonyl (C=O) groups is 1. The molecule has 0 bridgehead atoms. The summed E-state index contributed by atoms with van der Waals surface area (Å²) < 4.78 is 10.8. The number of likely N-dealkylation sites (tertiary alicyclic amines) is 1. The van der Waals surface area contributed by atoms with E-state index in [2.05, 4.69) is 5.32 Å². The summed E-state index contributed by atoms with van der Waals surface area (Å²) in [4.78, 5) is 14.6. The van der Waals surface area contributed by atoms with Crippen LogP contribution in [0.1, 0.15) is 32.1 Å². The molecule has 2 fully saturated rings. The molecule has 0 atom stereocenters. The lowest BCUT2D eigenvalue weighted by Crippen LogP contribution is -2.53. The molecule has 1 aromatic rings. The van der Waals surface area contributed by atoms with Crippen LogP contribution in [0.5, 0.6) is 11.5 Å². The molecule has 1 spiro atoms. The number of fused-ring (bicyclic) bond motifs is 1. The summed E-state index contributed by atoms with van der Waals surface area (Å²) in [6.45, 7) is 1.08. The fraction of sp³-hybridized carbons (Fsp3) is 0.533. The summed E-state index contributed by atoms with van der Waals surface area (Å²) in [6, 6.07) is 5.56. The van der Waals surface area contributed by atoms with E-state index < -0.39 is 0 Å². The van der Waals surface area contributed by atoms with E-state index in [9.17, 15) is 4.79 Å². The molecule has 2 aliphatic heterocycles. The number of ether oxygens (including phenoxy) is 2. The average molecular weight is 274 g/mol. The van der Waals surface area contributed by atoms with Gasteiger partial charge in [0.1, 0.15) is 0 Å². The van der Waals surface area contributed by atoms with Gasteiger partial charge < -0.3 is 19.7 Å². The van der Waals surface area contributed by atoms with Gasteiger partial charge in [0.25, 0.3) is 0 Å². The van der Waals surface area contributed by atoms with Crippen LogP contribution < -0.4 is 14.8 Å². The zero-order valence-corrected chi connectivity index (χ0v) is 11.4. The molecule has 0 radical (unpaired) electrons. The second-order valence-electron chi connectivity index (χ2n) is 5.80. The predicted molar refractivity (Wildman–Crippen MR) is 74.1 cm³/mol. The zero-order chi connectivity index (χ0) is 13.6. The van der Waals surface area contributed by atoms with Crippen molar-refractivity contribution in [3.8, 4) is 11.5 Å². The number of benzene rings is 1. The summed E-state index contributed by atoms with van der Waals surface area (Å²) in [6.07, 6.45) is 5.79. The van der Waals surface area contributed by atoms with Crippen LogP contribution in [0.3, 0.4) is 0 Å². The Morgan fingerprint density at radius 1 is 1.20 bits per heavy atom. The first-order valence-corrected chi connectivity index (χ1v) is 7.26. The van der Waals surface area contributed by atoms with Crippen LogP contribution in [-0.4, -0.2) is 29.8 Å². The number of hydrogen-bond donors (Lipinski definition) is 1. The molecular formula is C15H18N2O3. The molecular weight excluding hydrogens is 256 g/mol. The fourth-order valence-corrected chi connectivity index (χ4v) is 3.57. The highest BCUT2D eigenvalue weighted by molar-refractivity contribution is 5.92. The van der Waals surface area contributed by atoms with Crippen molar-refractivity contribution in [1.29, 1.82) is 0 Å². The highest BCUT2D eigenvalue weighted by Crippen LogP contribution is 2.46. The molecule has 106 valence electrons. The fourth-order valence-electron chi connectivity index (χ4n) is 3.57. The summed E-state index contributed by atoms with van der Waals surface area (Å²) in [5.74, 6) is 1.34. The molecule has 5 nitrogen and oxygen atoms in total. The van der Waals surface area contributed by atoms with Crippen molar-refractivity contribution in [1.82, 2.24) is 4.90 Å². The molecule has 3 aliphatic rings. The van der Waals surface area contributed by atoms with Crippen LogP contribution in [0.15, 0.2) is 18.2 Å². The predicted octanol–water partition coefficient (Wildman–Crippen LogP) is 2.97. The van der Waals surface area contributed by atoms with E-state index in [0.717, 1.165) is 32.2 Å². The normalized spacial score (nSPS) is 21.9. The maximum absolute atomic E-state index is 12.5. The van der Waals surface area contributed by atoms with Crippen molar-refractivity contribution >= 4 is 11.7 Å². The number of urea groups is 1. The topological polar surface area (TPSA) is 50.8 Å². The second-order valence-corrected chi connectivity index (χ2v) is 5.80. The largest absolute Gasteiger partial charge is 0.454 e. The molecule has 2 amide bonds. The highest BCUT2D eigenvalue weighted by atomic mass is 16.7. The third kappa shape index (κ3) is 1.65. The van der Waals surface area contributed by atoms with Gasteiger partial charge in [0, 0.05) is 12.1 Å². The second kappa shape index (κ2) is 4.30. The van der Waals surface area contributed by atoms with Gasteiger partial charge in [0.2, 0.25) is 6.79 Å². The number of para-hydroxylation sites is 1. The number of rotatable bonds is 1. The van der Waals surface area contributed by atoms with Crippen LogP contribution in [0.25, 0.3) is 0 Å². The van der Waals surface area contributed by atoms with Gasteiger partial charge in [-0.15, -0.1) is 0 Å². The number of nitrogens with zero attached hydrogens (tertiary/aromatic N) is 1.